The van der Waals surface area contributed by atoms with Crippen molar-refractivity contribution in [1.29, 1.82) is 0 Å². The van der Waals surface area contributed by atoms with Gasteiger partial charge in [-0.25, -0.2) is 0 Å². The van der Waals surface area contributed by atoms with Crippen molar-refractivity contribution in [3.8, 4) is 0 Å². The van der Waals surface area contributed by atoms with Crippen LogP contribution in [0.2, 0.25) is 0 Å². The van der Waals surface area contributed by atoms with Gasteiger partial charge in [-0.3, -0.25) is 0 Å². The minimum absolute atomic E-state index is 1.26. The third-order valence-corrected chi connectivity index (χ3v) is 4.72. The maximum Gasteiger partial charge on any atom is -0.0149 e. The average Bonchev–Trinajstić information content (AvgIpc) is 3.17. The minimum atomic E-state index is 1.26. The smallest absolute Gasteiger partial charge is 0.0149 e. The van der Waals surface area contributed by atoms with Gasteiger partial charge < -0.3 is 0 Å². The molecule has 0 saturated heterocycles. The lowest BCUT2D eigenvalue weighted by atomic mass is 9.94. The lowest BCUT2D eigenvalue weighted by Gasteiger charge is -2.11. The van der Waals surface area contributed by atoms with Crippen LogP contribution in [0, 0.1) is 0 Å². The third-order valence-electron chi connectivity index (χ3n) is 4.72. The lowest BCUT2D eigenvalue weighted by Crippen LogP contribution is -1.92. The van der Waals surface area contributed by atoms with E-state index in [1.807, 2.05) is 0 Å². The fraction of sp³-hybridized carbons (Fsp3) is 0.545. The number of unbranched alkanes of at least 4 members (excludes halogenated alkanes) is 6. The summed E-state index contributed by atoms with van der Waals surface area (Å²) in [5, 5.41) is 0. The van der Waals surface area contributed by atoms with Crippen LogP contribution in [0.3, 0.4) is 0 Å². The molecule has 2 aliphatic carbocycles. The van der Waals surface area contributed by atoms with Gasteiger partial charge in [-0.2, -0.15) is 0 Å². The van der Waals surface area contributed by atoms with Crippen molar-refractivity contribution in [3.63, 3.8) is 0 Å². The summed E-state index contributed by atoms with van der Waals surface area (Å²) >= 11 is 0. The van der Waals surface area contributed by atoms with Crippen molar-refractivity contribution in [2.75, 3.05) is 0 Å². The Balaban J connectivity index is 2.03. The van der Waals surface area contributed by atoms with Gasteiger partial charge in [0.25, 0.3) is 0 Å². The van der Waals surface area contributed by atoms with Crippen molar-refractivity contribution >= 4 is 0 Å². The van der Waals surface area contributed by atoms with E-state index in [0.717, 1.165) is 0 Å². The van der Waals surface area contributed by atoms with Crippen LogP contribution in [-0.2, 0) is 0 Å². The maximum atomic E-state index is 2.39. The molecule has 0 nitrogen and oxygen atoms in total. The molecule has 0 fully saturated rings. The van der Waals surface area contributed by atoms with E-state index in [1.165, 1.54) is 75.4 Å². The van der Waals surface area contributed by atoms with E-state index in [1.54, 1.807) is 11.1 Å². The first-order valence-corrected chi connectivity index (χ1v) is 9.36. The van der Waals surface area contributed by atoms with Crippen molar-refractivity contribution in [2.24, 2.45) is 0 Å². The zero-order valence-corrected chi connectivity index (χ0v) is 14.5. The lowest BCUT2D eigenvalue weighted by molar-refractivity contribution is 0.654. The molecule has 0 aromatic heterocycles. The van der Waals surface area contributed by atoms with Crippen LogP contribution in [-0.4, -0.2) is 0 Å². The SMILES string of the molecule is CCCCCCC1=C(CCCCCC)C(=C2C=CC=C2)C=C1. The minimum Gasteiger partial charge on any atom is -0.0654 e. The fourth-order valence-corrected chi connectivity index (χ4v) is 3.38. The topological polar surface area (TPSA) is 0 Å². The van der Waals surface area contributed by atoms with Crippen molar-refractivity contribution in [1.82, 2.24) is 0 Å². The van der Waals surface area contributed by atoms with Gasteiger partial charge in [0.05, 0.1) is 0 Å². The third kappa shape index (κ3) is 4.87. The zero-order valence-electron chi connectivity index (χ0n) is 14.5. The highest BCUT2D eigenvalue weighted by Gasteiger charge is 2.16. The molecule has 0 aliphatic heterocycles. The first-order valence-electron chi connectivity index (χ1n) is 9.36. The molecule has 0 aromatic carbocycles. The van der Waals surface area contributed by atoms with Crippen LogP contribution >= 0.6 is 0 Å². The standard InChI is InChI=1S/C22H32/c1-3-5-7-9-13-20-17-18-22(19-14-11-12-15-19)21(20)16-10-8-6-4-2/h11-12,14-15,17-18H,3-10,13,16H2,1-2H3. The molecule has 2 aliphatic rings. The van der Waals surface area contributed by atoms with Crippen LogP contribution in [0.1, 0.15) is 78.1 Å². The molecule has 0 radical (unpaired) electrons. The molecule has 0 aromatic rings. The molecule has 0 heteroatoms. The molecule has 0 spiro atoms. The summed E-state index contributed by atoms with van der Waals surface area (Å²) in [5.41, 5.74) is 6.15. The molecule has 0 heterocycles. The summed E-state index contributed by atoms with van der Waals surface area (Å²) in [6.45, 7) is 4.58. The van der Waals surface area contributed by atoms with Gasteiger partial charge in [-0.05, 0) is 48.0 Å². The molecular formula is C22H32. The molecular weight excluding hydrogens is 264 g/mol. The van der Waals surface area contributed by atoms with Crippen molar-refractivity contribution in [2.45, 2.75) is 78.1 Å². The number of allylic oxidation sites excluding steroid dienone is 10. The molecule has 0 unspecified atom stereocenters. The molecule has 0 N–H and O–H groups in total. The Hall–Kier alpha value is -1.30. The maximum absolute atomic E-state index is 2.39. The Kier molecular flexibility index (Phi) is 7.49. The summed E-state index contributed by atoms with van der Waals surface area (Å²) in [6, 6.07) is 0. The number of rotatable bonds is 10. The van der Waals surface area contributed by atoms with Gasteiger partial charge in [-0.15, -0.1) is 0 Å². The quantitative estimate of drug-likeness (QED) is 0.373. The molecule has 0 bridgehead atoms. The van der Waals surface area contributed by atoms with E-state index >= 15 is 0 Å². The van der Waals surface area contributed by atoms with E-state index in [2.05, 4.69) is 50.3 Å². The van der Waals surface area contributed by atoms with E-state index in [4.69, 9.17) is 0 Å². The van der Waals surface area contributed by atoms with Gasteiger partial charge in [0.1, 0.15) is 0 Å². The second-order valence-electron chi connectivity index (χ2n) is 6.55. The van der Waals surface area contributed by atoms with Gasteiger partial charge in [-0.1, -0.05) is 88.8 Å². The van der Waals surface area contributed by atoms with Gasteiger partial charge in [0.15, 0.2) is 0 Å². The summed E-state index contributed by atoms with van der Waals surface area (Å²) in [6.07, 6.45) is 26.9. The van der Waals surface area contributed by atoms with Gasteiger partial charge >= 0.3 is 0 Å². The molecule has 2 rings (SSSR count). The second-order valence-corrected chi connectivity index (χ2v) is 6.55. The molecule has 120 valence electrons. The molecule has 0 amide bonds. The molecule has 0 saturated carbocycles. The van der Waals surface area contributed by atoms with Gasteiger partial charge in [0, 0.05) is 0 Å². The van der Waals surface area contributed by atoms with Crippen molar-refractivity contribution < 1.29 is 0 Å². The van der Waals surface area contributed by atoms with Crippen LogP contribution in [0.25, 0.3) is 0 Å². The number of hydrogen-bond donors (Lipinski definition) is 0. The summed E-state index contributed by atoms with van der Waals surface area (Å²) < 4.78 is 0. The summed E-state index contributed by atoms with van der Waals surface area (Å²) in [7, 11) is 0. The van der Waals surface area contributed by atoms with Gasteiger partial charge in [0.2, 0.25) is 0 Å². The van der Waals surface area contributed by atoms with E-state index in [9.17, 15) is 0 Å². The summed E-state index contributed by atoms with van der Waals surface area (Å²) in [4.78, 5) is 0. The average molecular weight is 296 g/mol. The van der Waals surface area contributed by atoms with E-state index in [0.29, 0.717) is 0 Å². The monoisotopic (exact) mass is 296 g/mol. The fourth-order valence-electron chi connectivity index (χ4n) is 3.38. The van der Waals surface area contributed by atoms with Crippen LogP contribution in [0.15, 0.2) is 58.7 Å². The normalized spacial score (nSPS) is 16.6. The molecule has 22 heavy (non-hydrogen) atoms. The first kappa shape index (κ1) is 17.1. The predicted molar refractivity (Wildman–Crippen MR) is 99.0 cm³/mol. The highest BCUT2D eigenvalue weighted by molar-refractivity contribution is 5.61. The Labute approximate surface area is 137 Å². The van der Waals surface area contributed by atoms with Crippen LogP contribution < -0.4 is 0 Å². The number of hydrogen-bond acceptors (Lipinski definition) is 0. The Morgan fingerprint density at radius 1 is 0.636 bits per heavy atom. The molecule has 0 atom stereocenters. The second kappa shape index (κ2) is 9.66. The Morgan fingerprint density at radius 2 is 1.27 bits per heavy atom. The first-order chi connectivity index (χ1) is 10.9. The van der Waals surface area contributed by atoms with Crippen LogP contribution in [0.5, 0.6) is 0 Å². The largest absolute Gasteiger partial charge is 0.0654 e. The predicted octanol–water partition coefficient (Wildman–Crippen LogP) is 7.22. The zero-order chi connectivity index (χ0) is 15.6. The van der Waals surface area contributed by atoms with Crippen LogP contribution in [0.4, 0.5) is 0 Å². The highest BCUT2D eigenvalue weighted by Crippen LogP contribution is 2.35. The van der Waals surface area contributed by atoms with E-state index < -0.39 is 0 Å². The van der Waals surface area contributed by atoms with Crippen molar-refractivity contribution in [3.05, 3.63) is 58.7 Å². The highest BCUT2D eigenvalue weighted by atomic mass is 14.2. The Morgan fingerprint density at radius 3 is 1.91 bits per heavy atom. The summed E-state index contributed by atoms with van der Waals surface area (Å²) in [5.74, 6) is 0. The Bertz CT molecular complexity index is 480. The van der Waals surface area contributed by atoms with E-state index in [-0.39, 0.29) is 0 Å².